The average Bonchev–Trinajstić information content (AvgIpc) is 2.28. The molecule has 0 unspecified atom stereocenters. The summed E-state index contributed by atoms with van der Waals surface area (Å²) in [6.45, 7) is 12.0. The number of hydrogen-bond acceptors (Lipinski definition) is 1. The van der Waals surface area contributed by atoms with Crippen LogP contribution in [0.4, 0.5) is 0 Å². The summed E-state index contributed by atoms with van der Waals surface area (Å²) in [5, 5.41) is 0. The third kappa shape index (κ3) is 6.22. The second kappa shape index (κ2) is 8.19. The number of rotatable bonds is 7. The molecule has 1 heteroatoms. The van der Waals surface area contributed by atoms with Crippen molar-refractivity contribution >= 4 is 0 Å². The zero-order chi connectivity index (χ0) is 13.5. The Balaban J connectivity index is 2.07. The van der Waals surface area contributed by atoms with E-state index in [1.165, 1.54) is 51.6 Å². The van der Waals surface area contributed by atoms with Crippen LogP contribution in [0, 0.1) is 23.7 Å². The monoisotopic (exact) mass is 253 g/mol. The first-order chi connectivity index (χ1) is 8.49. The second-order valence-electron chi connectivity index (χ2n) is 7.32. The Morgan fingerprint density at radius 2 is 1.61 bits per heavy atom. The Morgan fingerprint density at radius 3 is 2.11 bits per heavy atom. The summed E-state index contributed by atoms with van der Waals surface area (Å²) < 4.78 is 0. The first-order valence-electron chi connectivity index (χ1n) is 8.17. The summed E-state index contributed by atoms with van der Waals surface area (Å²) in [7, 11) is 2.27. The van der Waals surface area contributed by atoms with E-state index in [1.807, 2.05) is 0 Å². The fourth-order valence-corrected chi connectivity index (χ4v) is 3.51. The van der Waals surface area contributed by atoms with Crippen LogP contribution in [0.15, 0.2) is 0 Å². The lowest BCUT2D eigenvalue weighted by Gasteiger charge is -2.31. The van der Waals surface area contributed by atoms with E-state index in [9.17, 15) is 0 Å². The molecule has 1 nitrogen and oxygen atoms in total. The lowest BCUT2D eigenvalue weighted by Crippen LogP contribution is -2.25. The third-order valence-corrected chi connectivity index (χ3v) is 4.66. The van der Waals surface area contributed by atoms with Gasteiger partial charge in [-0.05, 0) is 62.9 Å². The molecule has 0 spiro atoms. The van der Waals surface area contributed by atoms with E-state index in [1.54, 1.807) is 0 Å². The molecule has 0 aliphatic heterocycles. The van der Waals surface area contributed by atoms with E-state index in [4.69, 9.17) is 0 Å². The molecular formula is C17H35N. The molecule has 1 aliphatic carbocycles. The molecule has 0 atom stereocenters. The topological polar surface area (TPSA) is 3.24 Å². The lowest BCUT2D eigenvalue weighted by molar-refractivity contribution is 0.206. The molecule has 0 amide bonds. The van der Waals surface area contributed by atoms with E-state index in [2.05, 4.69) is 39.6 Å². The summed E-state index contributed by atoms with van der Waals surface area (Å²) in [5.74, 6) is 3.76. The highest BCUT2D eigenvalue weighted by Crippen LogP contribution is 2.35. The predicted molar refractivity (Wildman–Crippen MR) is 81.9 cm³/mol. The van der Waals surface area contributed by atoms with Gasteiger partial charge < -0.3 is 4.90 Å². The van der Waals surface area contributed by atoms with Crippen molar-refractivity contribution < 1.29 is 0 Å². The molecule has 1 aliphatic rings. The van der Waals surface area contributed by atoms with Gasteiger partial charge in [-0.25, -0.2) is 0 Å². The molecule has 0 bridgehead atoms. The van der Waals surface area contributed by atoms with Gasteiger partial charge in [-0.3, -0.25) is 0 Å². The Morgan fingerprint density at radius 1 is 1.00 bits per heavy atom. The van der Waals surface area contributed by atoms with Gasteiger partial charge in [0.2, 0.25) is 0 Å². The Bertz CT molecular complexity index is 202. The highest BCUT2D eigenvalue weighted by atomic mass is 15.1. The van der Waals surface area contributed by atoms with Crippen LogP contribution in [-0.4, -0.2) is 25.0 Å². The molecular weight excluding hydrogens is 218 g/mol. The molecule has 0 radical (unpaired) electrons. The maximum atomic E-state index is 2.50. The molecule has 0 heterocycles. The minimum atomic E-state index is 0.802. The van der Waals surface area contributed by atoms with Crippen LogP contribution in [0.3, 0.4) is 0 Å². The van der Waals surface area contributed by atoms with Crippen LogP contribution >= 0.6 is 0 Å². The van der Waals surface area contributed by atoms with Gasteiger partial charge >= 0.3 is 0 Å². The van der Waals surface area contributed by atoms with Crippen LogP contribution in [0.2, 0.25) is 0 Å². The van der Waals surface area contributed by atoms with E-state index < -0.39 is 0 Å². The first-order valence-corrected chi connectivity index (χ1v) is 8.17. The molecule has 1 rings (SSSR count). The minimum Gasteiger partial charge on any atom is -0.306 e. The second-order valence-corrected chi connectivity index (χ2v) is 7.32. The van der Waals surface area contributed by atoms with Crippen molar-refractivity contribution in [3.05, 3.63) is 0 Å². The summed E-state index contributed by atoms with van der Waals surface area (Å²) >= 11 is 0. The molecule has 1 fully saturated rings. The molecule has 1 saturated carbocycles. The molecule has 0 aromatic rings. The highest BCUT2D eigenvalue weighted by Gasteiger charge is 2.22. The number of nitrogens with zero attached hydrogens (tertiary/aromatic N) is 1. The van der Waals surface area contributed by atoms with Gasteiger partial charge in [-0.15, -0.1) is 0 Å². The summed E-state index contributed by atoms with van der Waals surface area (Å²) in [6.07, 6.45) is 8.84. The third-order valence-electron chi connectivity index (χ3n) is 4.66. The van der Waals surface area contributed by atoms with Crippen LogP contribution < -0.4 is 0 Å². The summed E-state index contributed by atoms with van der Waals surface area (Å²) in [4.78, 5) is 2.50. The summed E-state index contributed by atoms with van der Waals surface area (Å²) in [5.41, 5.74) is 0. The maximum Gasteiger partial charge on any atom is 0.000133 e. The zero-order valence-corrected chi connectivity index (χ0v) is 13.4. The van der Waals surface area contributed by atoms with Crippen molar-refractivity contribution in [1.29, 1.82) is 0 Å². The van der Waals surface area contributed by atoms with Crippen LogP contribution in [0.25, 0.3) is 0 Å². The van der Waals surface area contributed by atoms with E-state index >= 15 is 0 Å². The van der Waals surface area contributed by atoms with Gasteiger partial charge in [0, 0.05) is 6.54 Å². The van der Waals surface area contributed by atoms with Gasteiger partial charge in [-0.2, -0.15) is 0 Å². The van der Waals surface area contributed by atoms with Gasteiger partial charge in [0.05, 0.1) is 0 Å². The Labute approximate surface area is 115 Å². The Kier molecular flexibility index (Phi) is 7.29. The molecule has 0 aromatic heterocycles. The SMILES string of the molecule is CC(C)CN(C)CCCC1CCC(C(C)C)CC1. The van der Waals surface area contributed by atoms with Crippen molar-refractivity contribution in [2.24, 2.45) is 23.7 Å². The highest BCUT2D eigenvalue weighted by molar-refractivity contribution is 4.74. The predicted octanol–water partition coefficient (Wildman–Crippen LogP) is 4.82. The van der Waals surface area contributed by atoms with Crippen molar-refractivity contribution in [3.8, 4) is 0 Å². The van der Waals surface area contributed by atoms with Gasteiger partial charge in [0.1, 0.15) is 0 Å². The fraction of sp³-hybridized carbons (Fsp3) is 1.00. The smallest absolute Gasteiger partial charge is 0.000133 e. The molecule has 0 saturated heterocycles. The van der Waals surface area contributed by atoms with E-state index in [-0.39, 0.29) is 0 Å². The van der Waals surface area contributed by atoms with Gasteiger partial charge in [0.25, 0.3) is 0 Å². The molecule has 108 valence electrons. The largest absolute Gasteiger partial charge is 0.306 e. The van der Waals surface area contributed by atoms with E-state index in [0.717, 1.165) is 23.7 Å². The van der Waals surface area contributed by atoms with Crippen molar-refractivity contribution in [1.82, 2.24) is 4.90 Å². The van der Waals surface area contributed by atoms with Crippen molar-refractivity contribution in [3.63, 3.8) is 0 Å². The first kappa shape index (κ1) is 16.0. The van der Waals surface area contributed by atoms with Crippen LogP contribution in [0.1, 0.15) is 66.2 Å². The van der Waals surface area contributed by atoms with Crippen molar-refractivity contribution in [2.75, 3.05) is 20.1 Å². The summed E-state index contributed by atoms with van der Waals surface area (Å²) in [6, 6.07) is 0. The minimum absolute atomic E-state index is 0.802. The lowest BCUT2D eigenvalue weighted by atomic mass is 9.76. The zero-order valence-electron chi connectivity index (χ0n) is 13.4. The average molecular weight is 253 g/mol. The molecule has 0 aromatic carbocycles. The standard InChI is InChI=1S/C17H35N/c1-14(2)13-18(5)12-6-7-16-8-10-17(11-9-16)15(3)4/h14-17H,6-13H2,1-5H3. The van der Waals surface area contributed by atoms with Crippen molar-refractivity contribution in [2.45, 2.75) is 66.2 Å². The van der Waals surface area contributed by atoms with Gasteiger partial charge in [-0.1, -0.05) is 40.5 Å². The quantitative estimate of drug-likeness (QED) is 0.629. The van der Waals surface area contributed by atoms with Crippen LogP contribution in [-0.2, 0) is 0 Å². The fourth-order valence-electron chi connectivity index (χ4n) is 3.51. The molecule has 0 N–H and O–H groups in total. The normalized spacial score (nSPS) is 25.3. The van der Waals surface area contributed by atoms with Crippen LogP contribution in [0.5, 0.6) is 0 Å². The van der Waals surface area contributed by atoms with Gasteiger partial charge in [0.15, 0.2) is 0 Å². The molecule has 18 heavy (non-hydrogen) atoms. The number of hydrogen-bond donors (Lipinski definition) is 0. The Hall–Kier alpha value is -0.0400. The van der Waals surface area contributed by atoms with E-state index in [0.29, 0.717) is 0 Å². The maximum absolute atomic E-state index is 2.50.